The van der Waals surface area contributed by atoms with E-state index >= 15 is 0 Å². The van der Waals surface area contributed by atoms with Gasteiger partial charge in [-0.1, -0.05) is 12.1 Å². The van der Waals surface area contributed by atoms with Crippen LogP contribution >= 0.6 is 27.3 Å². The van der Waals surface area contributed by atoms with Gasteiger partial charge >= 0.3 is 6.18 Å². The maximum absolute atomic E-state index is 12.5. The number of rotatable bonds is 4. The van der Waals surface area contributed by atoms with Crippen molar-refractivity contribution in [2.75, 3.05) is 0 Å². The normalized spacial score (nSPS) is 13.4. The molecule has 0 saturated carbocycles. The number of benzene rings is 1. The molecule has 0 saturated heterocycles. The highest BCUT2D eigenvalue weighted by atomic mass is 79.9. The van der Waals surface area contributed by atoms with Crippen molar-refractivity contribution in [3.63, 3.8) is 0 Å². The fourth-order valence-electron chi connectivity index (χ4n) is 1.79. The highest BCUT2D eigenvalue weighted by molar-refractivity contribution is 9.11. The lowest BCUT2D eigenvalue weighted by Crippen LogP contribution is -2.18. The molecule has 1 heterocycles. The number of halogens is 4. The van der Waals surface area contributed by atoms with E-state index in [1.165, 1.54) is 12.1 Å². The van der Waals surface area contributed by atoms with Crippen molar-refractivity contribution >= 4 is 27.3 Å². The minimum atomic E-state index is -4.28. The Hall–Kier alpha value is -0.850. The summed E-state index contributed by atoms with van der Waals surface area (Å²) in [5.41, 5.74) is 1.38. The number of nitrogens with one attached hydrogen (secondary N) is 1. The number of hydrogen-bond acceptors (Lipinski definition) is 2. The van der Waals surface area contributed by atoms with Crippen molar-refractivity contribution in [3.8, 4) is 0 Å². The first-order valence-corrected chi connectivity index (χ1v) is 7.67. The Bertz CT molecular complexity index is 563. The molecule has 1 aromatic carbocycles. The van der Waals surface area contributed by atoms with E-state index in [-0.39, 0.29) is 6.04 Å². The molecular weight excluding hydrogens is 351 g/mol. The van der Waals surface area contributed by atoms with Crippen molar-refractivity contribution < 1.29 is 13.2 Å². The first kappa shape index (κ1) is 15.5. The van der Waals surface area contributed by atoms with Gasteiger partial charge in [0.2, 0.25) is 0 Å². The summed E-state index contributed by atoms with van der Waals surface area (Å²) in [6, 6.07) is 7.30. The average molecular weight is 364 g/mol. The van der Waals surface area contributed by atoms with Crippen LogP contribution in [0.5, 0.6) is 0 Å². The second-order valence-electron chi connectivity index (χ2n) is 4.48. The Morgan fingerprint density at radius 3 is 2.40 bits per heavy atom. The fourth-order valence-corrected chi connectivity index (χ4v) is 3.00. The van der Waals surface area contributed by atoms with Gasteiger partial charge in [0.25, 0.3) is 0 Å². The summed E-state index contributed by atoms with van der Waals surface area (Å²) in [4.78, 5) is 0. The third kappa shape index (κ3) is 4.07. The van der Waals surface area contributed by atoms with Gasteiger partial charge in [-0.2, -0.15) is 13.2 Å². The van der Waals surface area contributed by atoms with E-state index in [0.29, 0.717) is 6.54 Å². The number of thiophene rings is 1. The Morgan fingerprint density at radius 1 is 1.25 bits per heavy atom. The molecule has 2 rings (SSSR count). The van der Waals surface area contributed by atoms with E-state index in [4.69, 9.17) is 0 Å². The van der Waals surface area contributed by atoms with Crippen LogP contribution in [0.2, 0.25) is 0 Å². The first-order chi connectivity index (χ1) is 9.36. The van der Waals surface area contributed by atoms with Gasteiger partial charge in [0.05, 0.1) is 9.35 Å². The van der Waals surface area contributed by atoms with Gasteiger partial charge in [0.1, 0.15) is 0 Å². The van der Waals surface area contributed by atoms with Crippen LogP contribution in [0.25, 0.3) is 0 Å². The standard InChI is InChI=1S/C14H13BrF3NS/c1-9(19-7-10-6-13(15)20-8-10)11-2-4-12(5-3-11)14(16,17)18/h2-6,8-9,19H,7H2,1H3. The van der Waals surface area contributed by atoms with Crippen LogP contribution in [-0.2, 0) is 12.7 Å². The number of alkyl halides is 3. The minimum absolute atomic E-state index is 0.00374. The van der Waals surface area contributed by atoms with Crippen LogP contribution in [0.15, 0.2) is 39.5 Å². The molecule has 0 fully saturated rings. The van der Waals surface area contributed by atoms with E-state index in [1.54, 1.807) is 11.3 Å². The molecule has 1 nitrogen and oxygen atoms in total. The molecule has 1 aromatic heterocycles. The molecule has 1 unspecified atom stereocenters. The van der Waals surface area contributed by atoms with Gasteiger partial charge < -0.3 is 5.32 Å². The smallest absolute Gasteiger partial charge is 0.306 e. The zero-order valence-electron chi connectivity index (χ0n) is 10.7. The molecule has 0 bridgehead atoms. The van der Waals surface area contributed by atoms with Gasteiger partial charge in [-0.3, -0.25) is 0 Å². The summed E-state index contributed by atoms with van der Waals surface area (Å²) in [5.74, 6) is 0. The molecule has 0 aliphatic rings. The van der Waals surface area contributed by atoms with Crippen molar-refractivity contribution in [1.29, 1.82) is 0 Å². The molecule has 0 aliphatic carbocycles. The summed E-state index contributed by atoms with van der Waals surface area (Å²) in [7, 11) is 0. The Kier molecular flexibility index (Phi) is 4.88. The van der Waals surface area contributed by atoms with Crippen LogP contribution in [0.4, 0.5) is 13.2 Å². The highest BCUT2D eigenvalue weighted by Gasteiger charge is 2.30. The van der Waals surface area contributed by atoms with Gasteiger partial charge in [-0.15, -0.1) is 11.3 Å². The minimum Gasteiger partial charge on any atom is -0.306 e. The summed E-state index contributed by atoms with van der Waals surface area (Å²) in [6.45, 7) is 2.62. The molecule has 0 amide bonds. The fraction of sp³-hybridized carbons (Fsp3) is 0.286. The topological polar surface area (TPSA) is 12.0 Å². The average Bonchev–Trinajstić information content (AvgIpc) is 2.81. The van der Waals surface area contributed by atoms with Gasteiger partial charge in [-0.25, -0.2) is 0 Å². The lowest BCUT2D eigenvalue weighted by Gasteiger charge is -2.15. The molecule has 6 heteroatoms. The van der Waals surface area contributed by atoms with Crippen molar-refractivity contribution in [2.24, 2.45) is 0 Å². The zero-order chi connectivity index (χ0) is 14.8. The monoisotopic (exact) mass is 363 g/mol. The molecule has 108 valence electrons. The predicted octanol–water partition coefficient (Wildman–Crippen LogP) is 5.38. The molecular formula is C14H13BrF3NS. The van der Waals surface area contributed by atoms with Crippen LogP contribution in [0, 0.1) is 0 Å². The van der Waals surface area contributed by atoms with Crippen LogP contribution in [0.1, 0.15) is 29.7 Å². The van der Waals surface area contributed by atoms with Gasteiger partial charge in [0.15, 0.2) is 0 Å². The van der Waals surface area contributed by atoms with E-state index < -0.39 is 11.7 Å². The largest absolute Gasteiger partial charge is 0.416 e. The highest BCUT2D eigenvalue weighted by Crippen LogP contribution is 2.30. The second kappa shape index (κ2) is 6.28. The molecule has 20 heavy (non-hydrogen) atoms. The lowest BCUT2D eigenvalue weighted by atomic mass is 10.1. The van der Waals surface area contributed by atoms with E-state index in [9.17, 15) is 13.2 Å². The molecule has 1 N–H and O–H groups in total. The van der Waals surface area contributed by atoms with Crippen LogP contribution in [0.3, 0.4) is 0 Å². The van der Waals surface area contributed by atoms with Gasteiger partial charge in [0, 0.05) is 12.6 Å². The van der Waals surface area contributed by atoms with Crippen LogP contribution in [-0.4, -0.2) is 0 Å². The summed E-state index contributed by atoms with van der Waals surface area (Å²) in [5, 5.41) is 5.33. The molecule has 2 aromatic rings. The van der Waals surface area contributed by atoms with Crippen molar-refractivity contribution in [1.82, 2.24) is 5.32 Å². The molecule has 0 aliphatic heterocycles. The molecule has 0 radical (unpaired) electrons. The lowest BCUT2D eigenvalue weighted by molar-refractivity contribution is -0.137. The third-order valence-electron chi connectivity index (χ3n) is 2.97. The predicted molar refractivity (Wildman–Crippen MR) is 78.7 cm³/mol. The quantitative estimate of drug-likeness (QED) is 0.768. The zero-order valence-corrected chi connectivity index (χ0v) is 13.1. The summed E-state index contributed by atoms with van der Waals surface area (Å²) in [6.07, 6.45) is -4.28. The Morgan fingerprint density at radius 2 is 1.90 bits per heavy atom. The number of hydrogen-bond donors (Lipinski definition) is 1. The van der Waals surface area contributed by atoms with Crippen LogP contribution < -0.4 is 5.32 Å². The van der Waals surface area contributed by atoms with Gasteiger partial charge in [-0.05, 0) is 57.6 Å². The van der Waals surface area contributed by atoms with Crippen molar-refractivity contribution in [3.05, 3.63) is 56.2 Å². The van der Waals surface area contributed by atoms with Crippen molar-refractivity contribution in [2.45, 2.75) is 25.7 Å². The summed E-state index contributed by atoms with van der Waals surface area (Å²) < 4.78 is 38.5. The van der Waals surface area contributed by atoms with E-state index in [2.05, 4.69) is 21.2 Å². The van der Waals surface area contributed by atoms with E-state index in [1.807, 2.05) is 18.4 Å². The Balaban J connectivity index is 1.97. The third-order valence-corrected chi connectivity index (χ3v) is 4.53. The molecule has 0 spiro atoms. The maximum atomic E-state index is 12.5. The Labute approximate surface area is 128 Å². The SMILES string of the molecule is CC(NCc1csc(Br)c1)c1ccc(C(F)(F)F)cc1. The summed E-state index contributed by atoms with van der Waals surface area (Å²) >= 11 is 5.00. The first-order valence-electron chi connectivity index (χ1n) is 5.99. The maximum Gasteiger partial charge on any atom is 0.416 e. The van der Waals surface area contributed by atoms with E-state index in [0.717, 1.165) is 27.0 Å². The second-order valence-corrected chi connectivity index (χ2v) is 6.77. The molecule has 1 atom stereocenters.